The summed E-state index contributed by atoms with van der Waals surface area (Å²) in [5.41, 5.74) is 0. The van der Waals surface area contributed by atoms with Crippen molar-refractivity contribution in [1.29, 1.82) is 0 Å². The van der Waals surface area contributed by atoms with Crippen molar-refractivity contribution < 1.29 is 9.21 Å². The number of likely N-dealkylation sites (tertiary alicyclic amines) is 1. The van der Waals surface area contributed by atoms with E-state index in [-0.39, 0.29) is 6.03 Å². The summed E-state index contributed by atoms with van der Waals surface area (Å²) < 4.78 is 5.22. The average molecular weight is 236 g/mol. The van der Waals surface area contributed by atoms with Gasteiger partial charge in [0.2, 0.25) is 0 Å². The molecule has 1 aliphatic rings. The molecule has 2 rings (SSSR count). The van der Waals surface area contributed by atoms with E-state index >= 15 is 0 Å². The van der Waals surface area contributed by atoms with Gasteiger partial charge in [0.25, 0.3) is 0 Å². The van der Waals surface area contributed by atoms with E-state index in [9.17, 15) is 4.79 Å². The van der Waals surface area contributed by atoms with Gasteiger partial charge in [0, 0.05) is 26.1 Å². The fourth-order valence-corrected chi connectivity index (χ4v) is 2.13. The van der Waals surface area contributed by atoms with Crippen molar-refractivity contribution in [2.24, 2.45) is 0 Å². The van der Waals surface area contributed by atoms with Gasteiger partial charge >= 0.3 is 6.03 Å². The highest BCUT2D eigenvalue weighted by molar-refractivity contribution is 5.74. The van der Waals surface area contributed by atoms with Crippen molar-refractivity contribution in [3.63, 3.8) is 0 Å². The van der Waals surface area contributed by atoms with Crippen molar-refractivity contribution in [3.05, 3.63) is 24.2 Å². The van der Waals surface area contributed by atoms with Crippen LogP contribution in [0.1, 0.15) is 31.4 Å². The zero-order chi connectivity index (χ0) is 11.9. The molecule has 0 saturated carbocycles. The molecular weight excluding hydrogens is 216 g/mol. The number of nitrogens with zero attached hydrogens (tertiary/aromatic N) is 1. The molecule has 1 aromatic rings. The molecule has 0 aliphatic carbocycles. The number of amides is 2. The van der Waals surface area contributed by atoms with E-state index in [2.05, 4.69) is 5.32 Å². The summed E-state index contributed by atoms with van der Waals surface area (Å²) in [5, 5.41) is 2.95. The Hall–Kier alpha value is -1.45. The van der Waals surface area contributed by atoms with Crippen molar-refractivity contribution in [3.8, 4) is 0 Å². The van der Waals surface area contributed by atoms with E-state index in [0.717, 1.165) is 38.1 Å². The number of hydrogen-bond donors (Lipinski definition) is 1. The minimum atomic E-state index is 0.0680. The average Bonchev–Trinajstić information content (AvgIpc) is 2.69. The molecule has 17 heavy (non-hydrogen) atoms. The van der Waals surface area contributed by atoms with Gasteiger partial charge < -0.3 is 14.6 Å². The van der Waals surface area contributed by atoms with Gasteiger partial charge in [0.1, 0.15) is 5.76 Å². The number of carbonyl (C=O) groups is 1. The van der Waals surface area contributed by atoms with Gasteiger partial charge in [0.15, 0.2) is 0 Å². The summed E-state index contributed by atoms with van der Waals surface area (Å²) in [6.07, 6.45) is 7.17. The summed E-state index contributed by atoms with van der Waals surface area (Å²) in [7, 11) is 0. The molecule has 4 heteroatoms. The third-order valence-corrected chi connectivity index (χ3v) is 3.12. The standard InChI is InChI=1S/C13H20N2O2/c16-13(15-9-3-1-2-4-10-15)14-8-7-12-6-5-11-17-12/h5-6,11H,1-4,7-10H2,(H,14,16). The topological polar surface area (TPSA) is 45.5 Å². The van der Waals surface area contributed by atoms with Crippen LogP contribution in [0.4, 0.5) is 4.79 Å². The molecule has 1 aromatic heterocycles. The number of hydrogen-bond acceptors (Lipinski definition) is 2. The molecule has 0 bridgehead atoms. The zero-order valence-corrected chi connectivity index (χ0v) is 10.2. The smallest absolute Gasteiger partial charge is 0.317 e. The minimum Gasteiger partial charge on any atom is -0.469 e. The minimum absolute atomic E-state index is 0.0680. The Morgan fingerprint density at radius 2 is 2.06 bits per heavy atom. The highest BCUT2D eigenvalue weighted by atomic mass is 16.3. The van der Waals surface area contributed by atoms with Crippen molar-refractivity contribution >= 4 is 6.03 Å². The first-order valence-corrected chi connectivity index (χ1v) is 6.41. The summed E-state index contributed by atoms with van der Waals surface area (Å²) in [4.78, 5) is 13.8. The molecule has 0 aromatic carbocycles. The number of nitrogens with one attached hydrogen (secondary N) is 1. The van der Waals surface area contributed by atoms with E-state index in [1.807, 2.05) is 17.0 Å². The first-order chi connectivity index (χ1) is 8.36. The molecule has 0 radical (unpaired) electrons. The summed E-state index contributed by atoms with van der Waals surface area (Å²) >= 11 is 0. The second-order valence-corrected chi connectivity index (χ2v) is 4.46. The van der Waals surface area contributed by atoms with Crippen LogP contribution < -0.4 is 5.32 Å². The fourth-order valence-electron chi connectivity index (χ4n) is 2.13. The Balaban J connectivity index is 1.69. The van der Waals surface area contributed by atoms with Crippen LogP contribution in [0.25, 0.3) is 0 Å². The molecule has 0 unspecified atom stereocenters. The molecule has 0 spiro atoms. The second-order valence-electron chi connectivity index (χ2n) is 4.46. The van der Waals surface area contributed by atoms with Gasteiger partial charge in [0.05, 0.1) is 6.26 Å². The monoisotopic (exact) mass is 236 g/mol. The van der Waals surface area contributed by atoms with Crippen LogP contribution in [0.15, 0.2) is 22.8 Å². The summed E-state index contributed by atoms with van der Waals surface area (Å²) in [6.45, 7) is 2.43. The van der Waals surface area contributed by atoms with Crippen LogP contribution in [-0.2, 0) is 6.42 Å². The molecule has 1 saturated heterocycles. The molecule has 94 valence electrons. The van der Waals surface area contributed by atoms with Gasteiger partial charge in [-0.1, -0.05) is 12.8 Å². The Kier molecular flexibility index (Phi) is 4.47. The predicted octanol–water partition coefficient (Wildman–Crippen LogP) is 2.41. The molecule has 4 nitrogen and oxygen atoms in total. The largest absolute Gasteiger partial charge is 0.469 e. The van der Waals surface area contributed by atoms with E-state index in [4.69, 9.17) is 4.42 Å². The third-order valence-electron chi connectivity index (χ3n) is 3.12. The van der Waals surface area contributed by atoms with Gasteiger partial charge in [-0.2, -0.15) is 0 Å². The lowest BCUT2D eigenvalue weighted by molar-refractivity contribution is 0.200. The highest BCUT2D eigenvalue weighted by Gasteiger charge is 2.14. The number of furan rings is 1. The van der Waals surface area contributed by atoms with Crippen LogP contribution in [0.3, 0.4) is 0 Å². The number of carbonyl (C=O) groups excluding carboxylic acids is 1. The lowest BCUT2D eigenvalue weighted by Gasteiger charge is -2.20. The SMILES string of the molecule is O=C(NCCc1ccco1)N1CCCCCC1. The first kappa shape index (κ1) is 12.0. The van der Waals surface area contributed by atoms with Crippen molar-refractivity contribution in [2.45, 2.75) is 32.1 Å². The molecule has 2 heterocycles. The van der Waals surface area contributed by atoms with Gasteiger partial charge in [-0.15, -0.1) is 0 Å². The molecule has 1 fully saturated rings. The zero-order valence-electron chi connectivity index (χ0n) is 10.2. The van der Waals surface area contributed by atoms with E-state index in [1.54, 1.807) is 6.26 Å². The van der Waals surface area contributed by atoms with Gasteiger partial charge in [-0.25, -0.2) is 4.79 Å². The lowest BCUT2D eigenvalue weighted by atomic mass is 10.2. The second kappa shape index (κ2) is 6.33. The Morgan fingerprint density at radius 1 is 1.29 bits per heavy atom. The van der Waals surface area contributed by atoms with Crippen molar-refractivity contribution in [2.75, 3.05) is 19.6 Å². The maximum atomic E-state index is 11.9. The van der Waals surface area contributed by atoms with Crippen LogP contribution in [0.5, 0.6) is 0 Å². The third kappa shape index (κ3) is 3.80. The fraction of sp³-hybridized carbons (Fsp3) is 0.615. The van der Waals surface area contributed by atoms with E-state index < -0.39 is 0 Å². The number of urea groups is 1. The molecular formula is C13H20N2O2. The van der Waals surface area contributed by atoms with Crippen LogP contribution in [0, 0.1) is 0 Å². The Labute approximate surface area is 102 Å². The summed E-state index contributed by atoms with van der Waals surface area (Å²) in [5.74, 6) is 0.918. The quantitative estimate of drug-likeness (QED) is 0.876. The van der Waals surface area contributed by atoms with Gasteiger partial charge in [-0.3, -0.25) is 0 Å². The highest BCUT2D eigenvalue weighted by Crippen LogP contribution is 2.09. The van der Waals surface area contributed by atoms with Crippen LogP contribution >= 0.6 is 0 Å². The first-order valence-electron chi connectivity index (χ1n) is 6.41. The van der Waals surface area contributed by atoms with E-state index in [0.29, 0.717) is 6.54 Å². The predicted molar refractivity (Wildman–Crippen MR) is 65.9 cm³/mol. The maximum Gasteiger partial charge on any atom is 0.317 e. The van der Waals surface area contributed by atoms with Crippen LogP contribution in [-0.4, -0.2) is 30.6 Å². The van der Waals surface area contributed by atoms with E-state index in [1.165, 1.54) is 12.8 Å². The molecule has 1 aliphatic heterocycles. The van der Waals surface area contributed by atoms with Gasteiger partial charge in [-0.05, 0) is 25.0 Å². The Bertz CT molecular complexity index is 327. The lowest BCUT2D eigenvalue weighted by Crippen LogP contribution is -2.41. The molecule has 1 N–H and O–H groups in total. The molecule has 0 atom stereocenters. The normalized spacial score (nSPS) is 16.6. The summed E-state index contributed by atoms with van der Waals surface area (Å²) in [6, 6.07) is 3.86. The number of rotatable bonds is 3. The Morgan fingerprint density at radius 3 is 2.71 bits per heavy atom. The molecule has 2 amide bonds. The van der Waals surface area contributed by atoms with Crippen molar-refractivity contribution in [1.82, 2.24) is 10.2 Å². The van der Waals surface area contributed by atoms with Crippen LogP contribution in [0.2, 0.25) is 0 Å². The maximum absolute atomic E-state index is 11.9.